The molecule has 2 aliphatic heterocycles. The van der Waals surface area contributed by atoms with E-state index in [0.29, 0.717) is 12.1 Å². The fourth-order valence-electron chi connectivity index (χ4n) is 3.90. The van der Waals surface area contributed by atoms with Gasteiger partial charge in [0.25, 0.3) is 5.91 Å². The molecule has 5 nitrogen and oxygen atoms in total. The predicted molar refractivity (Wildman–Crippen MR) is 92.9 cm³/mol. The van der Waals surface area contributed by atoms with Crippen LogP contribution in [-0.4, -0.2) is 47.1 Å². The second-order valence-corrected chi connectivity index (χ2v) is 6.96. The van der Waals surface area contributed by atoms with Crippen LogP contribution in [0.1, 0.15) is 43.2 Å². The Balaban J connectivity index is 1.84. The lowest BCUT2D eigenvalue weighted by Gasteiger charge is -2.38. The largest absolute Gasteiger partial charge is 0.396 e. The molecule has 0 spiro atoms. The molecule has 2 amide bonds. The van der Waals surface area contributed by atoms with Crippen molar-refractivity contribution in [3.63, 3.8) is 0 Å². The van der Waals surface area contributed by atoms with Gasteiger partial charge >= 0.3 is 0 Å². The van der Waals surface area contributed by atoms with E-state index in [9.17, 15) is 14.7 Å². The highest BCUT2D eigenvalue weighted by Crippen LogP contribution is 2.31. The van der Waals surface area contributed by atoms with Crippen molar-refractivity contribution >= 4 is 17.5 Å². The molecule has 1 N–H and O–H groups in total. The maximum Gasteiger partial charge on any atom is 0.251 e. The molecule has 1 aromatic carbocycles. The van der Waals surface area contributed by atoms with Crippen LogP contribution in [0.5, 0.6) is 0 Å². The summed E-state index contributed by atoms with van der Waals surface area (Å²) in [6, 6.07) is 5.53. The number of anilines is 1. The minimum atomic E-state index is -0.379. The Morgan fingerprint density at radius 1 is 1.17 bits per heavy atom. The number of rotatable bonds is 4. The van der Waals surface area contributed by atoms with E-state index in [0.717, 1.165) is 36.9 Å². The lowest BCUT2D eigenvalue weighted by molar-refractivity contribution is -0.123. The molecule has 2 saturated heterocycles. The van der Waals surface area contributed by atoms with Gasteiger partial charge in [-0.3, -0.25) is 14.5 Å². The van der Waals surface area contributed by atoms with Crippen LogP contribution in [0.4, 0.5) is 5.69 Å². The van der Waals surface area contributed by atoms with E-state index < -0.39 is 0 Å². The molecule has 0 aliphatic carbocycles. The van der Waals surface area contributed by atoms with E-state index in [1.54, 1.807) is 0 Å². The van der Waals surface area contributed by atoms with Crippen LogP contribution in [-0.2, 0) is 9.59 Å². The Hall–Kier alpha value is -1.72. The van der Waals surface area contributed by atoms with Crippen molar-refractivity contribution < 1.29 is 14.7 Å². The number of amides is 2. The summed E-state index contributed by atoms with van der Waals surface area (Å²) in [7, 11) is 0. The number of carbonyl (C=O) groups excluding carboxylic acids is 2. The minimum absolute atomic E-state index is 0.118. The summed E-state index contributed by atoms with van der Waals surface area (Å²) in [6.45, 7) is 4.96. The molecule has 0 bridgehead atoms. The second-order valence-electron chi connectivity index (χ2n) is 6.96. The van der Waals surface area contributed by atoms with E-state index in [4.69, 9.17) is 0 Å². The molecule has 0 unspecified atom stereocenters. The van der Waals surface area contributed by atoms with Gasteiger partial charge in [0.1, 0.15) is 0 Å². The number of carbonyl (C=O) groups is 2. The minimum Gasteiger partial charge on any atom is -0.396 e. The van der Waals surface area contributed by atoms with Gasteiger partial charge in [0.15, 0.2) is 0 Å². The van der Waals surface area contributed by atoms with Crippen molar-refractivity contribution in [2.45, 2.75) is 58.0 Å². The van der Waals surface area contributed by atoms with Crippen LogP contribution in [0.2, 0.25) is 0 Å². The molecule has 2 aliphatic rings. The Morgan fingerprint density at radius 3 is 2.67 bits per heavy atom. The molecule has 0 saturated carbocycles. The number of imide groups is 1. The highest BCUT2D eigenvalue weighted by Gasteiger charge is 2.44. The first-order valence-corrected chi connectivity index (χ1v) is 8.83. The van der Waals surface area contributed by atoms with Gasteiger partial charge in [0.05, 0.1) is 18.2 Å². The first kappa shape index (κ1) is 17.1. The Labute approximate surface area is 143 Å². The topological polar surface area (TPSA) is 60.9 Å². The van der Waals surface area contributed by atoms with E-state index in [1.807, 2.05) is 32.0 Å². The summed E-state index contributed by atoms with van der Waals surface area (Å²) < 4.78 is 0. The SMILES string of the molecule is Cc1ccc(N2C(=O)C[C@@H](N3CCCC[C@@H]3CCO)C2=O)cc1C. The van der Waals surface area contributed by atoms with E-state index in [-0.39, 0.29) is 36.9 Å². The summed E-state index contributed by atoms with van der Waals surface area (Å²) in [5, 5.41) is 9.29. The van der Waals surface area contributed by atoms with Crippen LogP contribution in [0.15, 0.2) is 18.2 Å². The molecule has 3 rings (SSSR count). The van der Waals surface area contributed by atoms with Crippen molar-refractivity contribution in [3.8, 4) is 0 Å². The lowest BCUT2D eigenvalue weighted by Crippen LogP contribution is -2.50. The van der Waals surface area contributed by atoms with Gasteiger partial charge in [-0.25, -0.2) is 4.90 Å². The Kier molecular flexibility index (Phi) is 5.01. The van der Waals surface area contributed by atoms with Gasteiger partial charge in [-0.05, 0) is 62.9 Å². The quantitative estimate of drug-likeness (QED) is 0.860. The summed E-state index contributed by atoms with van der Waals surface area (Å²) in [5.41, 5.74) is 2.90. The van der Waals surface area contributed by atoms with Crippen molar-refractivity contribution in [2.75, 3.05) is 18.1 Å². The van der Waals surface area contributed by atoms with Crippen LogP contribution >= 0.6 is 0 Å². The molecular weight excluding hydrogens is 304 g/mol. The predicted octanol–water partition coefficient (Wildman–Crippen LogP) is 2.17. The number of nitrogens with zero attached hydrogens (tertiary/aromatic N) is 2. The lowest BCUT2D eigenvalue weighted by atomic mass is 9.97. The fourth-order valence-corrected chi connectivity index (χ4v) is 3.90. The highest BCUT2D eigenvalue weighted by atomic mass is 16.3. The summed E-state index contributed by atoms with van der Waals surface area (Å²) in [6.07, 6.45) is 4.07. The van der Waals surface area contributed by atoms with Crippen molar-refractivity contribution in [2.24, 2.45) is 0 Å². The van der Waals surface area contributed by atoms with Gasteiger partial charge in [0, 0.05) is 12.6 Å². The fraction of sp³-hybridized carbons (Fsp3) is 0.579. The summed E-state index contributed by atoms with van der Waals surface area (Å²) in [4.78, 5) is 29.0. The van der Waals surface area contributed by atoms with Crippen LogP contribution in [0.25, 0.3) is 0 Å². The molecular formula is C19H26N2O3. The number of aliphatic hydroxyl groups is 1. The molecule has 2 heterocycles. The number of hydrogen-bond donors (Lipinski definition) is 1. The van der Waals surface area contributed by atoms with Gasteiger partial charge in [-0.2, -0.15) is 0 Å². The standard InChI is InChI=1S/C19H26N2O3/c1-13-6-7-16(11-14(13)2)21-18(23)12-17(19(21)24)20-9-4-3-5-15(20)8-10-22/h6-7,11,15,17,22H,3-5,8-10,12H2,1-2H3/t15-,17-/m1/s1. The maximum absolute atomic E-state index is 13.0. The molecule has 1 aromatic rings. The third-order valence-corrected chi connectivity index (χ3v) is 5.41. The molecule has 5 heteroatoms. The van der Waals surface area contributed by atoms with Gasteiger partial charge in [-0.15, -0.1) is 0 Å². The molecule has 0 aromatic heterocycles. The highest BCUT2D eigenvalue weighted by molar-refractivity contribution is 6.22. The normalized spacial score (nSPS) is 25.5. The number of benzene rings is 1. The van der Waals surface area contributed by atoms with Crippen molar-refractivity contribution in [1.29, 1.82) is 0 Å². The second kappa shape index (κ2) is 7.03. The smallest absolute Gasteiger partial charge is 0.251 e. The van der Waals surface area contributed by atoms with Crippen molar-refractivity contribution in [3.05, 3.63) is 29.3 Å². The zero-order chi connectivity index (χ0) is 17.3. The Bertz CT molecular complexity index is 641. The van der Waals surface area contributed by atoms with E-state index in [2.05, 4.69) is 4.90 Å². The zero-order valence-electron chi connectivity index (χ0n) is 14.5. The van der Waals surface area contributed by atoms with Gasteiger partial charge in [-0.1, -0.05) is 12.5 Å². The van der Waals surface area contributed by atoms with E-state index in [1.165, 1.54) is 4.90 Å². The number of piperidine rings is 1. The van der Waals surface area contributed by atoms with Crippen LogP contribution in [0.3, 0.4) is 0 Å². The number of likely N-dealkylation sites (tertiary alicyclic amines) is 1. The first-order chi connectivity index (χ1) is 11.5. The number of hydrogen-bond acceptors (Lipinski definition) is 4. The average molecular weight is 330 g/mol. The number of aryl methyl sites for hydroxylation is 2. The maximum atomic E-state index is 13.0. The molecule has 0 radical (unpaired) electrons. The monoisotopic (exact) mass is 330 g/mol. The zero-order valence-corrected chi connectivity index (χ0v) is 14.5. The molecule has 24 heavy (non-hydrogen) atoms. The molecule has 2 atom stereocenters. The average Bonchev–Trinajstić information content (AvgIpc) is 2.86. The van der Waals surface area contributed by atoms with Crippen molar-refractivity contribution in [1.82, 2.24) is 4.90 Å². The van der Waals surface area contributed by atoms with Gasteiger partial charge in [0.2, 0.25) is 5.91 Å². The Morgan fingerprint density at radius 2 is 1.96 bits per heavy atom. The van der Waals surface area contributed by atoms with Crippen LogP contribution in [0, 0.1) is 13.8 Å². The summed E-state index contributed by atoms with van der Waals surface area (Å²) in [5.74, 6) is -0.241. The molecule has 2 fully saturated rings. The third-order valence-electron chi connectivity index (χ3n) is 5.41. The van der Waals surface area contributed by atoms with Crippen LogP contribution < -0.4 is 4.90 Å². The molecule has 130 valence electrons. The summed E-state index contributed by atoms with van der Waals surface area (Å²) >= 11 is 0. The van der Waals surface area contributed by atoms with E-state index >= 15 is 0 Å². The number of aliphatic hydroxyl groups excluding tert-OH is 1. The first-order valence-electron chi connectivity index (χ1n) is 8.83. The third kappa shape index (κ3) is 3.10. The van der Waals surface area contributed by atoms with Gasteiger partial charge < -0.3 is 5.11 Å².